The number of anilines is 2. The van der Waals surface area contributed by atoms with E-state index in [0.717, 1.165) is 16.9 Å². The first-order valence-electron chi connectivity index (χ1n) is 6.89. The van der Waals surface area contributed by atoms with E-state index in [2.05, 4.69) is 12.1 Å². The molecule has 0 aliphatic carbocycles. The van der Waals surface area contributed by atoms with Gasteiger partial charge in [0.2, 0.25) is 0 Å². The Kier molecular flexibility index (Phi) is 4.99. The van der Waals surface area contributed by atoms with Gasteiger partial charge in [0.15, 0.2) is 0 Å². The molecule has 0 saturated carbocycles. The number of nitrogens with two attached hydrogens (primary N) is 2. The molecular weight excluding hydrogens is 256 g/mol. The van der Waals surface area contributed by atoms with Gasteiger partial charge in [0.1, 0.15) is 0 Å². The zero-order valence-corrected chi connectivity index (χ0v) is 12.2. The molecule has 0 amide bonds. The Labute approximate surface area is 126 Å². The number of hydrogen-bond donors (Lipinski definition) is 2. The van der Waals surface area contributed by atoms with Crippen LogP contribution in [0.3, 0.4) is 0 Å². The highest BCUT2D eigenvalue weighted by atomic mass is 14.6. The summed E-state index contributed by atoms with van der Waals surface area (Å²) in [6.45, 7) is 2.02. The van der Waals surface area contributed by atoms with Crippen molar-refractivity contribution in [3.8, 4) is 11.1 Å². The summed E-state index contributed by atoms with van der Waals surface area (Å²) in [6, 6.07) is 25.9. The van der Waals surface area contributed by atoms with Gasteiger partial charge >= 0.3 is 0 Å². The van der Waals surface area contributed by atoms with Gasteiger partial charge in [0, 0.05) is 16.9 Å². The average Bonchev–Trinajstić information content (AvgIpc) is 2.49. The molecular formula is C19H20N2. The third-order valence-corrected chi connectivity index (χ3v) is 3.09. The largest absolute Gasteiger partial charge is 0.399 e. The predicted molar refractivity (Wildman–Crippen MR) is 91.9 cm³/mol. The first-order chi connectivity index (χ1) is 10.2. The third kappa shape index (κ3) is 4.39. The predicted octanol–water partition coefficient (Wildman–Crippen LogP) is 4.51. The Balaban J connectivity index is 0.000000173. The number of hydrogen-bond acceptors (Lipinski definition) is 2. The maximum absolute atomic E-state index is 5.85. The zero-order valence-electron chi connectivity index (χ0n) is 12.2. The summed E-state index contributed by atoms with van der Waals surface area (Å²) in [5.74, 6) is 0. The lowest BCUT2D eigenvalue weighted by Crippen LogP contribution is -1.88. The number of rotatable bonds is 1. The van der Waals surface area contributed by atoms with Crippen molar-refractivity contribution in [2.75, 3.05) is 11.5 Å². The summed E-state index contributed by atoms with van der Waals surface area (Å²) in [6.07, 6.45) is 0. The summed E-state index contributed by atoms with van der Waals surface area (Å²) in [5, 5.41) is 0. The van der Waals surface area contributed by atoms with Gasteiger partial charge in [-0.2, -0.15) is 0 Å². The Bertz CT molecular complexity index is 673. The van der Waals surface area contributed by atoms with Crippen LogP contribution in [0.1, 0.15) is 5.56 Å². The lowest BCUT2D eigenvalue weighted by atomic mass is 10.0. The van der Waals surface area contributed by atoms with Crippen molar-refractivity contribution in [2.45, 2.75) is 6.92 Å². The Morgan fingerprint density at radius 1 is 0.667 bits per heavy atom. The monoisotopic (exact) mass is 276 g/mol. The molecule has 0 heterocycles. The summed E-state index contributed by atoms with van der Waals surface area (Å²) in [7, 11) is 0. The molecule has 0 unspecified atom stereocenters. The van der Waals surface area contributed by atoms with Gasteiger partial charge in [-0.1, -0.05) is 60.7 Å². The highest BCUT2D eigenvalue weighted by molar-refractivity contribution is 5.75. The fraction of sp³-hybridized carbons (Fsp3) is 0.0526. The fourth-order valence-electron chi connectivity index (χ4n) is 2.05. The van der Waals surface area contributed by atoms with Crippen LogP contribution in [0.2, 0.25) is 0 Å². The maximum atomic E-state index is 5.85. The SMILES string of the molecule is Cc1cccc(N)c1.Nc1ccccc1-c1ccccc1. The Hall–Kier alpha value is -2.74. The maximum Gasteiger partial charge on any atom is 0.0393 e. The smallest absolute Gasteiger partial charge is 0.0393 e. The molecule has 2 heteroatoms. The van der Waals surface area contributed by atoms with Crippen LogP contribution in [0, 0.1) is 6.92 Å². The van der Waals surface area contributed by atoms with Crippen molar-refractivity contribution in [3.63, 3.8) is 0 Å². The molecule has 106 valence electrons. The van der Waals surface area contributed by atoms with E-state index in [4.69, 9.17) is 11.5 Å². The van der Waals surface area contributed by atoms with Crippen LogP contribution in [0.25, 0.3) is 11.1 Å². The van der Waals surface area contributed by atoms with Crippen molar-refractivity contribution < 1.29 is 0 Å². The highest BCUT2D eigenvalue weighted by Crippen LogP contribution is 2.24. The van der Waals surface area contributed by atoms with E-state index >= 15 is 0 Å². The number of aryl methyl sites for hydroxylation is 1. The number of benzene rings is 3. The molecule has 0 atom stereocenters. The van der Waals surface area contributed by atoms with Gasteiger partial charge in [-0.3, -0.25) is 0 Å². The Morgan fingerprint density at radius 3 is 1.90 bits per heavy atom. The van der Waals surface area contributed by atoms with Crippen LogP contribution in [-0.2, 0) is 0 Å². The summed E-state index contributed by atoms with van der Waals surface area (Å²) < 4.78 is 0. The van der Waals surface area contributed by atoms with Gasteiger partial charge in [0.25, 0.3) is 0 Å². The quantitative estimate of drug-likeness (QED) is 0.642. The lowest BCUT2D eigenvalue weighted by molar-refractivity contribution is 1.47. The number of nitrogen functional groups attached to an aromatic ring is 2. The molecule has 4 N–H and O–H groups in total. The van der Waals surface area contributed by atoms with Gasteiger partial charge < -0.3 is 11.5 Å². The minimum atomic E-state index is 0.828. The summed E-state index contributed by atoms with van der Waals surface area (Å²) in [5.41, 5.74) is 16.5. The molecule has 0 aromatic heterocycles. The van der Waals surface area contributed by atoms with Gasteiger partial charge in [-0.15, -0.1) is 0 Å². The topological polar surface area (TPSA) is 52.0 Å². The molecule has 0 aliphatic rings. The van der Waals surface area contributed by atoms with E-state index < -0.39 is 0 Å². The average molecular weight is 276 g/mol. The zero-order chi connectivity index (χ0) is 15.1. The molecule has 0 fully saturated rings. The van der Waals surface area contributed by atoms with Crippen molar-refractivity contribution in [3.05, 3.63) is 84.4 Å². The van der Waals surface area contributed by atoms with Gasteiger partial charge in [-0.05, 0) is 36.2 Å². The molecule has 0 bridgehead atoms. The van der Waals surface area contributed by atoms with Crippen molar-refractivity contribution in [1.82, 2.24) is 0 Å². The molecule has 0 radical (unpaired) electrons. The second-order valence-corrected chi connectivity index (χ2v) is 4.87. The molecule has 0 aliphatic heterocycles. The van der Waals surface area contributed by atoms with E-state index in [1.807, 2.05) is 73.7 Å². The second kappa shape index (κ2) is 7.15. The molecule has 0 saturated heterocycles. The highest BCUT2D eigenvalue weighted by Gasteiger charge is 1.98. The van der Waals surface area contributed by atoms with E-state index in [1.165, 1.54) is 11.1 Å². The van der Waals surface area contributed by atoms with Gasteiger partial charge in [0.05, 0.1) is 0 Å². The van der Waals surface area contributed by atoms with Crippen molar-refractivity contribution >= 4 is 11.4 Å². The molecule has 0 spiro atoms. The van der Waals surface area contributed by atoms with E-state index in [-0.39, 0.29) is 0 Å². The Morgan fingerprint density at radius 2 is 1.33 bits per heavy atom. The standard InChI is InChI=1S/C12H11N.C7H9N/c13-12-9-5-4-8-11(12)10-6-2-1-3-7-10;1-6-3-2-4-7(8)5-6/h1-9H,13H2;2-5H,8H2,1H3. The van der Waals surface area contributed by atoms with Crippen molar-refractivity contribution in [2.24, 2.45) is 0 Å². The van der Waals surface area contributed by atoms with Crippen LogP contribution >= 0.6 is 0 Å². The van der Waals surface area contributed by atoms with E-state index in [9.17, 15) is 0 Å². The van der Waals surface area contributed by atoms with E-state index in [0.29, 0.717) is 0 Å². The lowest BCUT2D eigenvalue weighted by Gasteiger charge is -2.03. The van der Waals surface area contributed by atoms with Crippen LogP contribution in [0.4, 0.5) is 11.4 Å². The summed E-state index contributed by atoms with van der Waals surface area (Å²) in [4.78, 5) is 0. The molecule has 21 heavy (non-hydrogen) atoms. The molecule has 3 rings (SSSR count). The van der Waals surface area contributed by atoms with E-state index in [1.54, 1.807) is 0 Å². The minimum Gasteiger partial charge on any atom is -0.399 e. The molecule has 2 nitrogen and oxygen atoms in total. The second-order valence-electron chi connectivity index (χ2n) is 4.87. The molecule has 3 aromatic rings. The minimum absolute atomic E-state index is 0.828. The van der Waals surface area contributed by atoms with Gasteiger partial charge in [-0.25, -0.2) is 0 Å². The normalized spacial score (nSPS) is 9.57. The van der Waals surface area contributed by atoms with Crippen LogP contribution in [0.15, 0.2) is 78.9 Å². The van der Waals surface area contributed by atoms with Crippen LogP contribution < -0.4 is 11.5 Å². The van der Waals surface area contributed by atoms with Crippen LogP contribution in [-0.4, -0.2) is 0 Å². The first-order valence-corrected chi connectivity index (χ1v) is 6.89. The van der Waals surface area contributed by atoms with Crippen molar-refractivity contribution in [1.29, 1.82) is 0 Å². The summed E-state index contributed by atoms with van der Waals surface area (Å²) >= 11 is 0. The van der Waals surface area contributed by atoms with Crippen LogP contribution in [0.5, 0.6) is 0 Å². The first kappa shape index (κ1) is 14.7. The fourth-order valence-corrected chi connectivity index (χ4v) is 2.05. The number of para-hydroxylation sites is 1. The third-order valence-electron chi connectivity index (χ3n) is 3.09. The molecule has 3 aromatic carbocycles.